The van der Waals surface area contributed by atoms with Gasteiger partial charge in [-0.05, 0) is 0 Å². The van der Waals surface area contributed by atoms with Crippen molar-refractivity contribution in [2.45, 2.75) is 44.1 Å². The number of alkyl halides is 4. The first-order valence-corrected chi connectivity index (χ1v) is 5.25. The SMILES string of the molecule is CC(F)(F)C(F)(F)CCOC(=O)C1CCC(=O)O1. The van der Waals surface area contributed by atoms with Crippen LogP contribution in [0.2, 0.25) is 0 Å². The summed E-state index contributed by atoms with van der Waals surface area (Å²) in [4.78, 5) is 21.9. The molecule has 8 heteroatoms. The smallest absolute Gasteiger partial charge is 0.347 e. The molecule has 18 heavy (non-hydrogen) atoms. The number of carbonyl (C=O) groups is 2. The predicted octanol–water partition coefficient (Wildman–Crippen LogP) is 1.92. The molecule has 0 saturated carbocycles. The molecular weight excluding hydrogens is 260 g/mol. The fourth-order valence-electron chi connectivity index (χ4n) is 1.28. The van der Waals surface area contributed by atoms with Crippen molar-refractivity contribution in [3.8, 4) is 0 Å². The zero-order valence-corrected chi connectivity index (χ0v) is 9.55. The highest BCUT2D eigenvalue weighted by molar-refractivity contribution is 5.82. The van der Waals surface area contributed by atoms with E-state index in [9.17, 15) is 27.2 Å². The number of cyclic esters (lactones) is 1. The molecule has 0 aromatic heterocycles. The predicted molar refractivity (Wildman–Crippen MR) is 50.3 cm³/mol. The van der Waals surface area contributed by atoms with Crippen molar-refractivity contribution < 1.29 is 36.6 Å². The summed E-state index contributed by atoms with van der Waals surface area (Å²) in [6.45, 7) is -0.767. The van der Waals surface area contributed by atoms with Crippen molar-refractivity contribution in [3.05, 3.63) is 0 Å². The molecule has 0 aromatic carbocycles. The van der Waals surface area contributed by atoms with Gasteiger partial charge in [-0.15, -0.1) is 0 Å². The van der Waals surface area contributed by atoms with Gasteiger partial charge in [-0.1, -0.05) is 0 Å². The number of rotatable bonds is 5. The van der Waals surface area contributed by atoms with Gasteiger partial charge in [-0.25, -0.2) is 13.6 Å². The lowest BCUT2D eigenvalue weighted by Crippen LogP contribution is -2.39. The van der Waals surface area contributed by atoms with E-state index in [-0.39, 0.29) is 19.8 Å². The maximum Gasteiger partial charge on any atom is 0.347 e. The fourth-order valence-corrected chi connectivity index (χ4v) is 1.28. The van der Waals surface area contributed by atoms with Gasteiger partial charge in [0, 0.05) is 19.8 Å². The quantitative estimate of drug-likeness (QED) is 0.566. The molecule has 1 aliphatic rings. The monoisotopic (exact) mass is 272 g/mol. The lowest BCUT2D eigenvalue weighted by Gasteiger charge is -2.22. The van der Waals surface area contributed by atoms with Crippen LogP contribution in [0.1, 0.15) is 26.2 Å². The maximum atomic E-state index is 12.8. The molecule has 1 aliphatic heterocycles. The van der Waals surface area contributed by atoms with Crippen LogP contribution in [0.4, 0.5) is 17.6 Å². The summed E-state index contributed by atoms with van der Waals surface area (Å²) in [5, 5.41) is 0. The molecule has 0 aromatic rings. The van der Waals surface area contributed by atoms with Gasteiger partial charge in [0.25, 0.3) is 0 Å². The third-order valence-electron chi connectivity index (χ3n) is 2.45. The summed E-state index contributed by atoms with van der Waals surface area (Å²) < 4.78 is 59.3. The molecule has 1 fully saturated rings. The van der Waals surface area contributed by atoms with Crippen LogP contribution in [0.5, 0.6) is 0 Å². The van der Waals surface area contributed by atoms with Gasteiger partial charge in [0.1, 0.15) is 0 Å². The molecule has 1 rings (SSSR count). The first-order valence-electron chi connectivity index (χ1n) is 5.25. The molecule has 1 saturated heterocycles. The second kappa shape index (κ2) is 5.11. The second-order valence-corrected chi connectivity index (χ2v) is 4.03. The van der Waals surface area contributed by atoms with Crippen LogP contribution in [0.3, 0.4) is 0 Å². The lowest BCUT2D eigenvalue weighted by atomic mass is 10.1. The summed E-state index contributed by atoms with van der Waals surface area (Å²) in [5.41, 5.74) is 0. The Hall–Kier alpha value is -1.34. The van der Waals surface area contributed by atoms with Crippen LogP contribution < -0.4 is 0 Å². The van der Waals surface area contributed by atoms with E-state index < -0.39 is 42.9 Å². The summed E-state index contributed by atoms with van der Waals surface area (Å²) >= 11 is 0. The van der Waals surface area contributed by atoms with E-state index in [0.717, 1.165) is 0 Å². The average molecular weight is 272 g/mol. The third-order valence-corrected chi connectivity index (χ3v) is 2.45. The van der Waals surface area contributed by atoms with Crippen LogP contribution in [-0.4, -0.2) is 36.5 Å². The zero-order chi connectivity index (χ0) is 14.0. The van der Waals surface area contributed by atoms with Gasteiger partial charge in [0.15, 0.2) is 6.10 Å². The molecule has 0 N–H and O–H groups in total. The number of ether oxygens (including phenoxy) is 2. The molecular formula is C10H12F4O4. The summed E-state index contributed by atoms with van der Waals surface area (Å²) in [6.07, 6.45) is -2.25. The van der Waals surface area contributed by atoms with Gasteiger partial charge in [-0.2, -0.15) is 8.78 Å². The van der Waals surface area contributed by atoms with Crippen molar-refractivity contribution in [3.63, 3.8) is 0 Å². The van der Waals surface area contributed by atoms with Gasteiger partial charge in [0.05, 0.1) is 13.0 Å². The van der Waals surface area contributed by atoms with Gasteiger partial charge >= 0.3 is 23.8 Å². The minimum Gasteiger partial charge on any atom is -0.463 e. The van der Waals surface area contributed by atoms with Crippen molar-refractivity contribution in [2.24, 2.45) is 0 Å². The van der Waals surface area contributed by atoms with Gasteiger partial charge < -0.3 is 9.47 Å². The Kier molecular flexibility index (Phi) is 4.18. The molecule has 0 radical (unpaired) electrons. The van der Waals surface area contributed by atoms with Crippen molar-refractivity contribution in [1.29, 1.82) is 0 Å². The molecule has 1 unspecified atom stereocenters. The lowest BCUT2D eigenvalue weighted by molar-refractivity contribution is -0.207. The van der Waals surface area contributed by atoms with Crippen LogP contribution in [0.15, 0.2) is 0 Å². The van der Waals surface area contributed by atoms with E-state index in [1.54, 1.807) is 0 Å². The summed E-state index contributed by atoms with van der Waals surface area (Å²) in [7, 11) is 0. The summed E-state index contributed by atoms with van der Waals surface area (Å²) in [6, 6.07) is 0. The van der Waals surface area contributed by atoms with E-state index >= 15 is 0 Å². The first-order chi connectivity index (χ1) is 8.13. The Morgan fingerprint density at radius 3 is 2.50 bits per heavy atom. The van der Waals surface area contributed by atoms with E-state index in [1.807, 2.05) is 0 Å². The summed E-state index contributed by atoms with van der Waals surface area (Å²) in [5.74, 6) is -10.0. The number of esters is 2. The van der Waals surface area contributed by atoms with E-state index in [0.29, 0.717) is 0 Å². The van der Waals surface area contributed by atoms with Crippen molar-refractivity contribution in [1.82, 2.24) is 0 Å². The minimum absolute atomic E-state index is 0.0446. The highest BCUT2D eigenvalue weighted by Crippen LogP contribution is 2.36. The molecule has 4 nitrogen and oxygen atoms in total. The number of hydrogen-bond donors (Lipinski definition) is 0. The highest BCUT2D eigenvalue weighted by atomic mass is 19.3. The molecule has 0 spiro atoms. The average Bonchev–Trinajstić information content (AvgIpc) is 2.62. The van der Waals surface area contributed by atoms with Crippen LogP contribution >= 0.6 is 0 Å². The van der Waals surface area contributed by atoms with Crippen molar-refractivity contribution in [2.75, 3.05) is 6.61 Å². The van der Waals surface area contributed by atoms with Crippen molar-refractivity contribution >= 4 is 11.9 Å². The maximum absolute atomic E-state index is 12.8. The number of halogens is 4. The topological polar surface area (TPSA) is 52.6 Å². The van der Waals surface area contributed by atoms with E-state index in [2.05, 4.69) is 9.47 Å². The standard InChI is InChI=1S/C10H12F4O4/c1-9(11,12)10(13,14)4-5-17-8(16)6-2-3-7(15)18-6/h6H,2-5H2,1H3. The Balaban J connectivity index is 2.34. The second-order valence-electron chi connectivity index (χ2n) is 4.03. The number of carbonyl (C=O) groups excluding carboxylic acids is 2. The van der Waals surface area contributed by atoms with Crippen LogP contribution in [0.25, 0.3) is 0 Å². The zero-order valence-electron chi connectivity index (χ0n) is 9.55. The first kappa shape index (κ1) is 14.7. The van der Waals surface area contributed by atoms with E-state index in [4.69, 9.17) is 0 Å². The number of hydrogen-bond acceptors (Lipinski definition) is 4. The fraction of sp³-hybridized carbons (Fsp3) is 0.800. The van der Waals surface area contributed by atoms with Crippen LogP contribution in [0, 0.1) is 0 Å². The molecule has 1 atom stereocenters. The Morgan fingerprint density at radius 2 is 2.06 bits per heavy atom. The van der Waals surface area contributed by atoms with E-state index in [1.165, 1.54) is 0 Å². The molecule has 104 valence electrons. The van der Waals surface area contributed by atoms with Gasteiger partial charge in [0.2, 0.25) is 0 Å². The molecule has 1 heterocycles. The largest absolute Gasteiger partial charge is 0.463 e. The van der Waals surface area contributed by atoms with Gasteiger partial charge in [-0.3, -0.25) is 4.79 Å². The Labute approximate surface area is 100 Å². The highest BCUT2D eigenvalue weighted by Gasteiger charge is 2.51. The molecule has 0 bridgehead atoms. The molecule has 0 amide bonds. The molecule has 0 aliphatic carbocycles. The minimum atomic E-state index is -4.25. The third kappa shape index (κ3) is 3.58. The Morgan fingerprint density at radius 1 is 1.44 bits per heavy atom. The van der Waals surface area contributed by atoms with Crippen LogP contribution in [-0.2, 0) is 19.1 Å². The Bertz CT molecular complexity index is 337. The normalized spacial score (nSPS) is 20.7.